The summed E-state index contributed by atoms with van der Waals surface area (Å²) in [4.78, 5) is 27.1. The highest BCUT2D eigenvalue weighted by Gasteiger charge is 2.28. The van der Waals surface area contributed by atoms with Gasteiger partial charge >= 0.3 is 5.97 Å². The summed E-state index contributed by atoms with van der Waals surface area (Å²) >= 11 is 0. The first-order valence-corrected chi connectivity index (χ1v) is 4.25. The van der Waals surface area contributed by atoms with E-state index in [1.807, 2.05) is 0 Å². The molecule has 4 heteroatoms. The molecule has 1 amide bonds. The number of rotatable bonds is 2. The molecule has 72 valence electrons. The molecule has 0 spiro atoms. The average Bonchev–Trinajstić information content (AvgIpc) is 2.35. The summed E-state index contributed by atoms with van der Waals surface area (Å²) in [5, 5.41) is 1.00. The van der Waals surface area contributed by atoms with E-state index >= 15 is 0 Å². The molecule has 0 aromatic rings. The van der Waals surface area contributed by atoms with E-state index in [9.17, 15) is 9.59 Å². The Labute approximate surface area is 77.1 Å². The van der Waals surface area contributed by atoms with Crippen molar-refractivity contribution in [3.8, 4) is 0 Å². The Kier molecular flexibility index (Phi) is 2.70. The summed E-state index contributed by atoms with van der Waals surface area (Å²) in [5.41, 5.74) is 0.555. The summed E-state index contributed by atoms with van der Waals surface area (Å²) in [5.74, 6) is -0.836. The van der Waals surface area contributed by atoms with Crippen molar-refractivity contribution in [1.82, 2.24) is 5.06 Å². The van der Waals surface area contributed by atoms with Crippen molar-refractivity contribution >= 4 is 11.9 Å². The monoisotopic (exact) mass is 183 g/mol. The zero-order valence-corrected chi connectivity index (χ0v) is 7.87. The van der Waals surface area contributed by atoms with Crippen LogP contribution in [0.25, 0.3) is 0 Å². The van der Waals surface area contributed by atoms with Crippen molar-refractivity contribution in [2.45, 2.75) is 26.7 Å². The van der Waals surface area contributed by atoms with Gasteiger partial charge in [-0.15, -0.1) is 5.06 Å². The summed E-state index contributed by atoms with van der Waals surface area (Å²) in [7, 11) is 0. The molecule has 1 aliphatic rings. The van der Waals surface area contributed by atoms with Crippen LogP contribution in [0.4, 0.5) is 0 Å². The lowest BCUT2D eigenvalue weighted by Crippen LogP contribution is -2.28. The Morgan fingerprint density at radius 2 is 2.15 bits per heavy atom. The molecule has 0 bridgehead atoms. The van der Waals surface area contributed by atoms with E-state index in [1.54, 1.807) is 13.8 Å². The van der Waals surface area contributed by atoms with Crippen molar-refractivity contribution in [3.05, 3.63) is 12.3 Å². The third-order valence-electron chi connectivity index (χ3n) is 1.79. The summed E-state index contributed by atoms with van der Waals surface area (Å²) in [6, 6.07) is 0. The van der Waals surface area contributed by atoms with E-state index in [0.717, 1.165) is 5.06 Å². The van der Waals surface area contributed by atoms with Crippen molar-refractivity contribution in [3.63, 3.8) is 0 Å². The van der Waals surface area contributed by atoms with Crippen LogP contribution in [0.5, 0.6) is 0 Å². The second-order valence-electron chi connectivity index (χ2n) is 3.32. The van der Waals surface area contributed by atoms with Gasteiger partial charge in [0, 0.05) is 6.42 Å². The van der Waals surface area contributed by atoms with Crippen LogP contribution in [0, 0.1) is 5.92 Å². The molecule has 0 saturated carbocycles. The second-order valence-corrected chi connectivity index (χ2v) is 3.32. The van der Waals surface area contributed by atoms with Crippen molar-refractivity contribution in [2.75, 3.05) is 0 Å². The van der Waals surface area contributed by atoms with E-state index in [1.165, 1.54) is 0 Å². The SMILES string of the molecule is C=C1CCC(=O)N1OC(=O)C(C)C. The topological polar surface area (TPSA) is 46.6 Å². The van der Waals surface area contributed by atoms with Crippen LogP contribution in [0.3, 0.4) is 0 Å². The standard InChI is InChI=1S/C9H13NO3/c1-6(2)9(12)13-10-7(3)4-5-8(10)11/h6H,3-5H2,1-2H3. The number of carbonyl (C=O) groups excluding carboxylic acids is 2. The fourth-order valence-electron chi connectivity index (χ4n) is 0.942. The minimum Gasteiger partial charge on any atom is -0.333 e. The molecule has 0 atom stereocenters. The van der Waals surface area contributed by atoms with Crippen molar-refractivity contribution in [2.24, 2.45) is 5.92 Å². The molecule has 4 nitrogen and oxygen atoms in total. The summed E-state index contributed by atoms with van der Waals surface area (Å²) in [6.07, 6.45) is 0.953. The van der Waals surface area contributed by atoms with Gasteiger partial charge in [-0.2, -0.15) is 0 Å². The van der Waals surface area contributed by atoms with Gasteiger partial charge in [0.05, 0.1) is 11.6 Å². The molecule has 1 saturated heterocycles. The van der Waals surface area contributed by atoms with Gasteiger partial charge in [-0.25, -0.2) is 4.79 Å². The maximum absolute atomic E-state index is 11.1. The van der Waals surface area contributed by atoms with Crippen LogP contribution in [0.1, 0.15) is 26.7 Å². The highest BCUT2D eigenvalue weighted by molar-refractivity contribution is 5.82. The number of hydroxylamine groups is 2. The Hall–Kier alpha value is -1.32. The van der Waals surface area contributed by atoms with Gasteiger partial charge in [0.25, 0.3) is 5.91 Å². The first kappa shape index (κ1) is 9.77. The predicted octanol–water partition coefficient (Wildman–Crippen LogP) is 1.24. The van der Waals surface area contributed by atoms with E-state index in [4.69, 9.17) is 4.84 Å². The van der Waals surface area contributed by atoms with Gasteiger partial charge in [0.1, 0.15) is 0 Å². The molecule has 0 unspecified atom stereocenters. The number of hydrogen-bond donors (Lipinski definition) is 0. The number of nitrogens with zero attached hydrogens (tertiary/aromatic N) is 1. The Morgan fingerprint density at radius 3 is 2.54 bits per heavy atom. The molecule has 0 N–H and O–H groups in total. The number of carbonyl (C=O) groups is 2. The maximum atomic E-state index is 11.1. The van der Waals surface area contributed by atoms with Crippen LogP contribution in [-0.2, 0) is 14.4 Å². The van der Waals surface area contributed by atoms with Gasteiger partial charge in [0.2, 0.25) is 0 Å². The molecular formula is C9H13NO3. The van der Waals surface area contributed by atoms with E-state index in [0.29, 0.717) is 18.5 Å². The van der Waals surface area contributed by atoms with Crippen LogP contribution < -0.4 is 0 Å². The van der Waals surface area contributed by atoms with Crippen LogP contribution in [0.2, 0.25) is 0 Å². The Balaban J connectivity index is 2.58. The third-order valence-corrected chi connectivity index (χ3v) is 1.79. The molecule has 0 aromatic heterocycles. The molecule has 0 radical (unpaired) electrons. The third kappa shape index (κ3) is 2.08. The normalized spacial score (nSPS) is 17.0. The Bertz CT molecular complexity index is 242. The molecule has 1 aliphatic heterocycles. The zero-order chi connectivity index (χ0) is 10.0. The van der Waals surface area contributed by atoms with E-state index < -0.39 is 5.97 Å². The van der Waals surface area contributed by atoms with Crippen molar-refractivity contribution < 1.29 is 14.4 Å². The maximum Gasteiger partial charge on any atom is 0.335 e. The van der Waals surface area contributed by atoms with Gasteiger partial charge in [-0.05, 0) is 6.42 Å². The van der Waals surface area contributed by atoms with Gasteiger partial charge < -0.3 is 4.84 Å². The fraction of sp³-hybridized carbons (Fsp3) is 0.556. The number of amides is 1. The Morgan fingerprint density at radius 1 is 1.54 bits per heavy atom. The minimum atomic E-state index is -0.406. The number of hydrogen-bond acceptors (Lipinski definition) is 3. The van der Waals surface area contributed by atoms with Gasteiger partial charge in [-0.1, -0.05) is 20.4 Å². The van der Waals surface area contributed by atoms with Crippen LogP contribution >= 0.6 is 0 Å². The fourth-order valence-corrected chi connectivity index (χ4v) is 0.942. The highest BCUT2D eigenvalue weighted by atomic mass is 16.7. The molecule has 0 aliphatic carbocycles. The van der Waals surface area contributed by atoms with Crippen LogP contribution in [0.15, 0.2) is 12.3 Å². The molecule has 1 heterocycles. The lowest BCUT2D eigenvalue weighted by molar-refractivity contribution is -0.189. The first-order chi connectivity index (χ1) is 6.02. The van der Waals surface area contributed by atoms with Gasteiger partial charge in [-0.3, -0.25) is 4.79 Å². The molecule has 13 heavy (non-hydrogen) atoms. The van der Waals surface area contributed by atoms with Crippen molar-refractivity contribution in [1.29, 1.82) is 0 Å². The molecule has 1 rings (SSSR count). The minimum absolute atomic E-state index is 0.195. The lowest BCUT2D eigenvalue weighted by Gasteiger charge is -2.16. The van der Waals surface area contributed by atoms with E-state index in [2.05, 4.69) is 6.58 Å². The quantitative estimate of drug-likeness (QED) is 0.647. The zero-order valence-electron chi connectivity index (χ0n) is 7.87. The lowest BCUT2D eigenvalue weighted by atomic mass is 10.2. The summed E-state index contributed by atoms with van der Waals surface area (Å²) in [6.45, 7) is 7.05. The molecular weight excluding hydrogens is 170 g/mol. The predicted molar refractivity (Wildman–Crippen MR) is 46.2 cm³/mol. The molecule has 1 fully saturated rings. The van der Waals surface area contributed by atoms with Gasteiger partial charge in [0.15, 0.2) is 0 Å². The largest absolute Gasteiger partial charge is 0.335 e. The highest BCUT2D eigenvalue weighted by Crippen LogP contribution is 2.21. The molecule has 0 aromatic carbocycles. The number of allylic oxidation sites excluding steroid dienone is 1. The first-order valence-electron chi connectivity index (χ1n) is 4.25. The van der Waals surface area contributed by atoms with Crippen LogP contribution in [-0.4, -0.2) is 16.9 Å². The second kappa shape index (κ2) is 3.60. The smallest absolute Gasteiger partial charge is 0.333 e. The van der Waals surface area contributed by atoms with E-state index in [-0.39, 0.29) is 11.8 Å². The summed E-state index contributed by atoms with van der Waals surface area (Å²) < 4.78 is 0. The average molecular weight is 183 g/mol.